The van der Waals surface area contributed by atoms with Gasteiger partial charge in [-0.15, -0.1) is 0 Å². The maximum Gasteiger partial charge on any atom is 0.416 e. The van der Waals surface area contributed by atoms with Gasteiger partial charge in [0, 0.05) is 6.54 Å². The van der Waals surface area contributed by atoms with Gasteiger partial charge in [-0.25, -0.2) is 4.98 Å². The topological polar surface area (TPSA) is 47.1 Å². The van der Waals surface area contributed by atoms with Crippen molar-refractivity contribution in [2.75, 3.05) is 25.9 Å². The summed E-state index contributed by atoms with van der Waals surface area (Å²) in [5, 5.41) is 0. The number of halogens is 3. The van der Waals surface area contributed by atoms with E-state index in [1.165, 1.54) is 6.07 Å². The molecule has 1 saturated heterocycles. The van der Waals surface area contributed by atoms with Crippen molar-refractivity contribution in [3.63, 3.8) is 0 Å². The highest BCUT2D eigenvalue weighted by Crippen LogP contribution is 2.34. The molecule has 1 atom stereocenters. The normalized spacial score (nSPS) is 20.9. The van der Waals surface area contributed by atoms with E-state index < -0.39 is 11.7 Å². The van der Waals surface area contributed by atoms with Gasteiger partial charge in [0.1, 0.15) is 0 Å². The van der Waals surface area contributed by atoms with Crippen LogP contribution in [-0.4, -0.2) is 34.6 Å². The van der Waals surface area contributed by atoms with E-state index in [2.05, 4.69) is 9.88 Å². The molecular formula is C13H15F3N4. The number of alkyl halides is 3. The second-order valence-corrected chi connectivity index (χ2v) is 5.25. The molecule has 1 aliphatic rings. The van der Waals surface area contributed by atoms with Gasteiger partial charge < -0.3 is 15.2 Å². The van der Waals surface area contributed by atoms with E-state index in [0.29, 0.717) is 11.0 Å². The van der Waals surface area contributed by atoms with E-state index >= 15 is 0 Å². The number of likely N-dealkylation sites (tertiary alicyclic amines) is 1. The first-order valence-corrected chi connectivity index (χ1v) is 6.39. The second-order valence-electron chi connectivity index (χ2n) is 5.25. The first kappa shape index (κ1) is 13.2. The fourth-order valence-electron chi connectivity index (χ4n) is 2.80. The van der Waals surface area contributed by atoms with Gasteiger partial charge in [-0.2, -0.15) is 13.2 Å². The summed E-state index contributed by atoms with van der Waals surface area (Å²) in [6, 6.07) is 3.76. The zero-order valence-electron chi connectivity index (χ0n) is 11.0. The SMILES string of the molecule is CN1CCC(n2c(N)nc3cc(C(F)(F)F)ccc32)C1. The van der Waals surface area contributed by atoms with Gasteiger partial charge in [0.05, 0.1) is 22.6 Å². The molecule has 4 nitrogen and oxygen atoms in total. The third kappa shape index (κ3) is 2.11. The summed E-state index contributed by atoms with van der Waals surface area (Å²) >= 11 is 0. The Morgan fingerprint density at radius 1 is 1.35 bits per heavy atom. The highest BCUT2D eigenvalue weighted by atomic mass is 19.4. The largest absolute Gasteiger partial charge is 0.416 e. The number of nitrogens with two attached hydrogens (primary N) is 1. The number of benzene rings is 1. The number of hydrogen-bond acceptors (Lipinski definition) is 3. The van der Waals surface area contributed by atoms with Gasteiger partial charge in [-0.3, -0.25) is 0 Å². The third-order valence-corrected chi connectivity index (χ3v) is 3.78. The number of nitrogen functional groups attached to an aromatic ring is 1. The molecule has 1 fully saturated rings. The van der Waals surface area contributed by atoms with Crippen LogP contribution in [0.4, 0.5) is 19.1 Å². The number of aromatic nitrogens is 2. The number of rotatable bonds is 1. The van der Waals surface area contributed by atoms with Crippen LogP contribution in [0.1, 0.15) is 18.0 Å². The molecule has 0 saturated carbocycles. The summed E-state index contributed by atoms with van der Waals surface area (Å²) in [7, 11) is 2.01. The molecule has 7 heteroatoms. The molecule has 1 aromatic carbocycles. The molecule has 1 unspecified atom stereocenters. The summed E-state index contributed by atoms with van der Waals surface area (Å²) in [4.78, 5) is 6.25. The van der Waals surface area contributed by atoms with E-state index in [9.17, 15) is 13.2 Å². The molecule has 2 heterocycles. The van der Waals surface area contributed by atoms with Gasteiger partial charge in [0.2, 0.25) is 5.95 Å². The van der Waals surface area contributed by atoms with Gasteiger partial charge in [-0.1, -0.05) is 0 Å². The molecule has 1 aliphatic heterocycles. The van der Waals surface area contributed by atoms with Crippen LogP contribution >= 0.6 is 0 Å². The Labute approximate surface area is 114 Å². The molecule has 0 bridgehead atoms. The van der Waals surface area contributed by atoms with Crippen molar-refractivity contribution >= 4 is 17.0 Å². The van der Waals surface area contributed by atoms with Crippen LogP contribution in [0.5, 0.6) is 0 Å². The monoisotopic (exact) mass is 284 g/mol. The number of fused-ring (bicyclic) bond motifs is 1. The van der Waals surface area contributed by atoms with Crippen molar-refractivity contribution in [1.29, 1.82) is 0 Å². The highest BCUT2D eigenvalue weighted by Gasteiger charge is 2.32. The molecule has 108 valence electrons. The molecule has 0 radical (unpaired) electrons. The minimum Gasteiger partial charge on any atom is -0.369 e. The summed E-state index contributed by atoms with van der Waals surface area (Å²) in [6.45, 7) is 1.78. The Morgan fingerprint density at radius 3 is 2.70 bits per heavy atom. The van der Waals surface area contributed by atoms with Crippen molar-refractivity contribution in [2.24, 2.45) is 0 Å². The summed E-state index contributed by atoms with van der Waals surface area (Å²) in [5.74, 6) is 0.277. The maximum atomic E-state index is 12.7. The standard InChI is InChI=1S/C13H15F3N4/c1-19-5-4-9(7-19)20-11-3-2-8(13(14,15)16)6-10(11)18-12(20)17/h2-3,6,9H,4-5,7H2,1H3,(H2,17,18). The Kier molecular flexibility index (Phi) is 2.89. The number of likely N-dealkylation sites (N-methyl/N-ethyl adjacent to an activating group) is 1. The molecule has 2 N–H and O–H groups in total. The quantitative estimate of drug-likeness (QED) is 0.875. The Balaban J connectivity index is 2.08. The predicted octanol–water partition coefficient (Wildman–Crippen LogP) is 2.51. The molecule has 0 spiro atoms. The lowest BCUT2D eigenvalue weighted by atomic mass is 10.2. The van der Waals surface area contributed by atoms with Gasteiger partial charge in [-0.05, 0) is 38.2 Å². The average molecular weight is 284 g/mol. The number of hydrogen-bond donors (Lipinski definition) is 1. The van der Waals surface area contributed by atoms with Crippen molar-refractivity contribution in [1.82, 2.24) is 14.5 Å². The maximum absolute atomic E-state index is 12.7. The number of nitrogens with zero attached hydrogens (tertiary/aromatic N) is 3. The van der Waals surface area contributed by atoms with Crippen molar-refractivity contribution < 1.29 is 13.2 Å². The average Bonchev–Trinajstić information content (AvgIpc) is 2.89. The van der Waals surface area contributed by atoms with E-state index in [1.54, 1.807) is 0 Å². The molecule has 0 aliphatic carbocycles. The summed E-state index contributed by atoms with van der Waals surface area (Å²) < 4.78 is 40.0. The van der Waals surface area contributed by atoms with Crippen molar-refractivity contribution in [3.05, 3.63) is 23.8 Å². The van der Waals surface area contributed by atoms with Gasteiger partial charge >= 0.3 is 6.18 Å². The second kappa shape index (κ2) is 4.37. The fourth-order valence-corrected chi connectivity index (χ4v) is 2.80. The van der Waals surface area contributed by atoms with E-state index in [-0.39, 0.29) is 12.0 Å². The lowest BCUT2D eigenvalue weighted by Gasteiger charge is -2.15. The van der Waals surface area contributed by atoms with Crippen LogP contribution in [0.2, 0.25) is 0 Å². The van der Waals surface area contributed by atoms with Crippen LogP contribution in [-0.2, 0) is 6.18 Å². The van der Waals surface area contributed by atoms with Crippen LogP contribution in [0.15, 0.2) is 18.2 Å². The molecule has 0 amide bonds. The van der Waals surface area contributed by atoms with E-state index in [0.717, 1.165) is 31.6 Å². The molecular weight excluding hydrogens is 269 g/mol. The summed E-state index contributed by atoms with van der Waals surface area (Å²) in [5.41, 5.74) is 6.15. The minimum atomic E-state index is -4.36. The van der Waals surface area contributed by atoms with Crippen LogP contribution in [0.25, 0.3) is 11.0 Å². The number of anilines is 1. The van der Waals surface area contributed by atoms with E-state index in [1.807, 2.05) is 11.6 Å². The Hall–Kier alpha value is -1.76. The highest BCUT2D eigenvalue weighted by molar-refractivity contribution is 5.79. The van der Waals surface area contributed by atoms with Gasteiger partial charge in [0.15, 0.2) is 0 Å². The summed E-state index contributed by atoms with van der Waals surface area (Å²) in [6.07, 6.45) is -3.44. The molecule has 1 aromatic heterocycles. The zero-order valence-corrected chi connectivity index (χ0v) is 11.0. The van der Waals surface area contributed by atoms with Crippen molar-refractivity contribution in [2.45, 2.75) is 18.6 Å². The third-order valence-electron chi connectivity index (χ3n) is 3.78. The first-order valence-electron chi connectivity index (χ1n) is 6.39. The Bertz CT molecular complexity index is 647. The molecule has 2 aromatic rings. The first-order chi connectivity index (χ1) is 9.36. The minimum absolute atomic E-state index is 0.168. The lowest BCUT2D eigenvalue weighted by Crippen LogP contribution is -2.17. The van der Waals surface area contributed by atoms with Crippen LogP contribution in [0, 0.1) is 0 Å². The molecule has 3 rings (SSSR count). The Morgan fingerprint density at radius 2 is 2.10 bits per heavy atom. The molecule has 20 heavy (non-hydrogen) atoms. The lowest BCUT2D eigenvalue weighted by molar-refractivity contribution is -0.137. The van der Waals surface area contributed by atoms with Crippen LogP contribution in [0.3, 0.4) is 0 Å². The smallest absolute Gasteiger partial charge is 0.369 e. The fraction of sp³-hybridized carbons (Fsp3) is 0.462. The predicted molar refractivity (Wildman–Crippen MR) is 70.3 cm³/mol. The van der Waals surface area contributed by atoms with Crippen molar-refractivity contribution in [3.8, 4) is 0 Å². The van der Waals surface area contributed by atoms with Crippen LogP contribution < -0.4 is 5.73 Å². The van der Waals surface area contributed by atoms with Gasteiger partial charge in [0.25, 0.3) is 0 Å². The zero-order chi connectivity index (χ0) is 14.5. The van der Waals surface area contributed by atoms with E-state index in [4.69, 9.17) is 5.73 Å². The number of imidazole rings is 1.